The number of nitrogens with zero attached hydrogens (tertiary/aromatic N) is 2. The molecule has 0 amide bonds. The summed E-state index contributed by atoms with van der Waals surface area (Å²) in [6.07, 6.45) is -0.376. The Balaban J connectivity index is 2.33. The Bertz CT molecular complexity index is 921. The van der Waals surface area contributed by atoms with Gasteiger partial charge >= 0.3 is 0 Å². The number of aryl methyl sites for hydroxylation is 1. The molecule has 7 nitrogen and oxygen atoms in total. The minimum atomic E-state index is -1.86. The summed E-state index contributed by atoms with van der Waals surface area (Å²) < 4.78 is 9.46. The van der Waals surface area contributed by atoms with E-state index in [4.69, 9.17) is 7.10 Å². The highest BCUT2D eigenvalue weighted by molar-refractivity contribution is 6.03. The van der Waals surface area contributed by atoms with E-state index in [0.717, 1.165) is 4.57 Å². The highest BCUT2D eigenvalue weighted by atomic mass is 16.3. The number of phenols is 1. The lowest BCUT2D eigenvalue weighted by Crippen LogP contribution is -2.36. The lowest BCUT2D eigenvalue weighted by molar-refractivity contribution is -0.132. The van der Waals surface area contributed by atoms with Crippen molar-refractivity contribution in [2.45, 2.75) is 32.2 Å². The van der Waals surface area contributed by atoms with Crippen molar-refractivity contribution in [1.29, 1.82) is 0 Å². The maximum atomic E-state index is 12.8. The zero-order chi connectivity index (χ0) is 16.9. The fraction of sp³-hybridized carbons (Fsp3) is 0.333. The Morgan fingerprint density at radius 3 is 2.82 bits per heavy atom. The number of hydrogen-bond acceptors (Lipinski definition) is 6. The molecule has 1 aromatic heterocycles. The number of hydrogen-bond donors (Lipinski definition) is 2. The maximum absolute atomic E-state index is 12.8. The van der Waals surface area contributed by atoms with Crippen LogP contribution in [0.2, 0.25) is 0 Å². The predicted octanol–water partition coefficient (Wildman–Crippen LogP) is 0.856. The van der Waals surface area contributed by atoms with Crippen LogP contribution in [0.4, 0.5) is 5.69 Å². The third kappa shape index (κ3) is 2.14. The number of aromatic nitrogens is 2. The number of Topliss-reactive ketones (excluding diaryl/α,β-unsaturated/α-hetero) is 2. The minimum absolute atomic E-state index is 0.0224. The molecule has 0 aliphatic heterocycles. The van der Waals surface area contributed by atoms with E-state index in [1.165, 1.54) is 19.1 Å². The molecule has 0 saturated heterocycles. The summed E-state index contributed by atoms with van der Waals surface area (Å²) in [6.45, 7) is 1.50. The van der Waals surface area contributed by atoms with Gasteiger partial charge in [-0.05, 0) is 13.3 Å². The van der Waals surface area contributed by atoms with Crippen LogP contribution in [0.3, 0.4) is 0 Å². The van der Waals surface area contributed by atoms with Crippen LogP contribution in [0.1, 0.15) is 32.5 Å². The second-order valence-electron chi connectivity index (χ2n) is 5.31. The fourth-order valence-corrected chi connectivity index (χ4v) is 2.76. The number of aromatic hydroxyl groups is 1. The number of ketones is 2. The molecular weight excluding hydrogens is 286 g/mol. The number of benzene rings is 1. The van der Waals surface area contributed by atoms with Gasteiger partial charge in [0, 0.05) is 18.6 Å². The molecule has 1 aliphatic rings. The van der Waals surface area contributed by atoms with Crippen molar-refractivity contribution in [1.82, 2.24) is 9.55 Å². The first-order chi connectivity index (χ1) is 10.7. The standard InChI is InChI=1S/C15H15N3O4/c1-7-17-11-5-9(20)4-10(16)14(11)15(22)18(7)12-3-2-8(19)6-13(12)21/h4-5,12,20H,2-3,6,16H2,1H3/i12D. The zero-order valence-corrected chi connectivity index (χ0v) is 11.9. The van der Waals surface area contributed by atoms with Crippen molar-refractivity contribution in [2.75, 3.05) is 5.73 Å². The second-order valence-corrected chi connectivity index (χ2v) is 5.31. The Kier molecular flexibility index (Phi) is 2.92. The van der Waals surface area contributed by atoms with Crippen LogP contribution in [0.5, 0.6) is 5.75 Å². The van der Waals surface area contributed by atoms with Gasteiger partial charge < -0.3 is 10.8 Å². The molecule has 1 fully saturated rings. The van der Waals surface area contributed by atoms with Crippen LogP contribution in [-0.4, -0.2) is 26.2 Å². The van der Waals surface area contributed by atoms with Crippen molar-refractivity contribution in [2.24, 2.45) is 0 Å². The average Bonchev–Trinajstić information content (AvgIpc) is 2.42. The quantitative estimate of drug-likeness (QED) is 0.596. The Morgan fingerprint density at radius 1 is 1.41 bits per heavy atom. The lowest BCUT2D eigenvalue weighted by Gasteiger charge is -2.24. The molecule has 1 aliphatic carbocycles. The topological polar surface area (TPSA) is 115 Å². The summed E-state index contributed by atoms with van der Waals surface area (Å²) in [5.41, 5.74) is 5.39. The van der Waals surface area contributed by atoms with E-state index < -0.39 is 17.4 Å². The van der Waals surface area contributed by atoms with E-state index in [2.05, 4.69) is 4.98 Å². The molecule has 7 heteroatoms. The van der Waals surface area contributed by atoms with Crippen LogP contribution in [-0.2, 0) is 9.59 Å². The number of carbonyl (C=O) groups excluding carboxylic acids is 2. The molecule has 1 aromatic carbocycles. The molecule has 1 heterocycles. The Hall–Kier alpha value is -2.70. The molecule has 0 bridgehead atoms. The van der Waals surface area contributed by atoms with Gasteiger partial charge in [-0.3, -0.25) is 19.0 Å². The first-order valence-corrected chi connectivity index (χ1v) is 6.81. The molecule has 1 atom stereocenters. The zero-order valence-electron chi connectivity index (χ0n) is 12.9. The van der Waals surface area contributed by atoms with E-state index in [0.29, 0.717) is 0 Å². The van der Waals surface area contributed by atoms with E-state index in [-0.39, 0.29) is 53.2 Å². The summed E-state index contributed by atoms with van der Waals surface area (Å²) in [5.74, 6) is -0.830. The predicted molar refractivity (Wildman–Crippen MR) is 79.7 cm³/mol. The molecule has 3 N–H and O–H groups in total. The number of nitrogens with two attached hydrogens (primary N) is 1. The first kappa shape index (κ1) is 13.0. The van der Waals surface area contributed by atoms with Gasteiger partial charge in [0.25, 0.3) is 5.56 Å². The van der Waals surface area contributed by atoms with Gasteiger partial charge in [-0.15, -0.1) is 0 Å². The van der Waals surface area contributed by atoms with Crippen LogP contribution < -0.4 is 11.3 Å². The maximum Gasteiger partial charge on any atom is 0.264 e. The largest absolute Gasteiger partial charge is 0.508 e. The molecule has 0 spiro atoms. The fourth-order valence-electron chi connectivity index (χ4n) is 2.76. The summed E-state index contributed by atoms with van der Waals surface area (Å²) in [4.78, 5) is 40.7. The van der Waals surface area contributed by atoms with Crippen molar-refractivity contribution in [3.8, 4) is 5.75 Å². The minimum Gasteiger partial charge on any atom is -0.508 e. The lowest BCUT2D eigenvalue weighted by atomic mass is 9.92. The number of nitrogen functional groups attached to an aromatic ring is 1. The number of anilines is 1. The van der Waals surface area contributed by atoms with E-state index in [1.54, 1.807) is 0 Å². The van der Waals surface area contributed by atoms with Crippen molar-refractivity contribution >= 4 is 28.2 Å². The molecule has 22 heavy (non-hydrogen) atoms. The molecule has 0 radical (unpaired) electrons. The van der Waals surface area contributed by atoms with Gasteiger partial charge in [-0.2, -0.15) is 0 Å². The van der Waals surface area contributed by atoms with Gasteiger partial charge in [0.15, 0.2) is 5.78 Å². The summed E-state index contributed by atoms with van der Waals surface area (Å²) >= 11 is 0. The van der Waals surface area contributed by atoms with Gasteiger partial charge in [0.2, 0.25) is 0 Å². The summed E-state index contributed by atoms with van der Waals surface area (Å²) in [5, 5.41) is 9.62. The molecule has 3 rings (SSSR count). The van der Waals surface area contributed by atoms with E-state index >= 15 is 0 Å². The molecule has 2 aromatic rings. The summed E-state index contributed by atoms with van der Waals surface area (Å²) in [7, 11) is 0. The van der Waals surface area contributed by atoms with Gasteiger partial charge in [0.05, 0.1) is 30.4 Å². The molecule has 1 unspecified atom stereocenters. The third-order valence-corrected chi connectivity index (χ3v) is 3.75. The third-order valence-electron chi connectivity index (χ3n) is 3.75. The van der Waals surface area contributed by atoms with Crippen LogP contribution in [0, 0.1) is 6.92 Å². The number of rotatable bonds is 1. The van der Waals surface area contributed by atoms with Gasteiger partial charge in [0.1, 0.15) is 17.4 Å². The average molecular weight is 302 g/mol. The second kappa shape index (κ2) is 4.94. The SMILES string of the molecule is [2H]C1(n2c(C)nc3cc(O)cc(N)c3c2=O)CCC(=O)CC1=O. The van der Waals surface area contributed by atoms with E-state index in [9.17, 15) is 19.5 Å². The van der Waals surface area contributed by atoms with Crippen molar-refractivity contribution in [3.05, 3.63) is 28.3 Å². The first-order valence-electron chi connectivity index (χ1n) is 7.31. The van der Waals surface area contributed by atoms with E-state index in [1.807, 2.05) is 0 Å². The highest BCUT2D eigenvalue weighted by Crippen LogP contribution is 2.27. The monoisotopic (exact) mass is 302 g/mol. The van der Waals surface area contributed by atoms with Gasteiger partial charge in [-0.25, -0.2) is 4.98 Å². The smallest absolute Gasteiger partial charge is 0.264 e. The van der Waals surface area contributed by atoms with Crippen LogP contribution in [0.25, 0.3) is 10.9 Å². The number of carbonyl (C=O) groups is 2. The Morgan fingerprint density at radius 2 is 2.14 bits per heavy atom. The highest BCUT2D eigenvalue weighted by Gasteiger charge is 2.30. The van der Waals surface area contributed by atoms with Gasteiger partial charge in [-0.1, -0.05) is 0 Å². The van der Waals surface area contributed by atoms with Crippen molar-refractivity contribution < 1.29 is 16.1 Å². The molecular formula is C15H15N3O4. The molecule has 1 saturated carbocycles. The summed E-state index contributed by atoms with van der Waals surface area (Å²) in [6, 6.07) is 0.655. The Labute approximate surface area is 126 Å². The molecule has 114 valence electrons. The normalized spacial score (nSPS) is 22.9. The number of phenolic OH excluding ortho intramolecular Hbond substituents is 1. The van der Waals surface area contributed by atoms with Crippen LogP contribution in [0.15, 0.2) is 16.9 Å². The van der Waals surface area contributed by atoms with Crippen molar-refractivity contribution in [3.63, 3.8) is 0 Å². The number of fused-ring (bicyclic) bond motifs is 1. The van der Waals surface area contributed by atoms with Crippen LogP contribution >= 0.6 is 0 Å².